The number of amides is 1. The van der Waals surface area contributed by atoms with Crippen molar-refractivity contribution in [2.45, 2.75) is 32.1 Å². The van der Waals surface area contributed by atoms with Crippen LogP contribution in [-0.2, 0) is 18.3 Å². The zero-order valence-electron chi connectivity index (χ0n) is 14.7. The standard InChI is InChI=1S/C18H26N4O.2ClH/c1-22-16-6-3-2-5-15(16)21-17(22)7-4-11-20-18(23)9-8-14-10-12-19-13-14;;/h2-3,5-6,14,19H,4,7-13H2,1H3,(H,20,23);2*1H. The first-order chi connectivity index (χ1) is 11.2. The lowest BCUT2D eigenvalue weighted by molar-refractivity contribution is -0.121. The minimum Gasteiger partial charge on any atom is -0.356 e. The minimum atomic E-state index is 0. The van der Waals surface area contributed by atoms with Gasteiger partial charge in [-0.25, -0.2) is 4.98 Å². The van der Waals surface area contributed by atoms with E-state index in [-0.39, 0.29) is 30.7 Å². The zero-order valence-corrected chi connectivity index (χ0v) is 16.3. The van der Waals surface area contributed by atoms with E-state index in [4.69, 9.17) is 0 Å². The maximum absolute atomic E-state index is 11.9. The van der Waals surface area contributed by atoms with Gasteiger partial charge in [0.2, 0.25) is 5.91 Å². The Balaban J connectivity index is 0.00000156. The number of carbonyl (C=O) groups excluding carboxylic acids is 1. The van der Waals surface area contributed by atoms with Crippen molar-refractivity contribution in [3.05, 3.63) is 30.1 Å². The van der Waals surface area contributed by atoms with Crippen LogP contribution < -0.4 is 10.6 Å². The second-order valence-electron chi connectivity index (χ2n) is 6.43. The third-order valence-corrected chi connectivity index (χ3v) is 4.72. The summed E-state index contributed by atoms with van der Waals surface area (Å²) in [7, 11) is 2.05. The molecule has 7 heteroatoms. The Bertz CT molecular complexity index is 668. The molecule has 0 saturated carbocycles. The Morgan fingerprint density at radius 2 is 2.16 bits per heavy atom. The van der Waals surface area contributed by atoms with Gasteiger partial charge in [-0.05, 0) is 50.4 Å². The number of hydrogen-bond donors (Lipinski definition) is 2. The Hall–Kier alpha value is -1.30. The molecule has 2 N–H and O–H groups in total. The molecule has 0 aliphatic carbocycles. The van der Waals surface area contributed by atoms with Gasteiger partial charge in [-0.15, -0.1) is 24.8 Å². The maximum Gasteiger partial charge on any atom is 0.220 e. The van der Waals surface area contributed by atoms with Gasteiger partial charge in [0, 0.05) is 26.4 Å². The zero-order chi connectivity index (χ0) is 16.1. The number of halogens is 2. The van der Waals surface area contributed by atoms with Gasteiger partial charge in [0.1, 0.15) is 5.82 Å². The fraction of sp³-hybridized carbons (Fsp3) is 0.556. The van der Waals surface area contributed by atoms with Crippen LogP contribution >= 0.6 is 24.8 Å². The molecule has 0 spiro atoms. The number of nitrogens with zero attached hydrogens (tertiary/aromatic N) is 2. The molecule has 1 aromatic carbocycles. The fourth-order valence-corrected chi connectivity index (χ4v) is 3.28. The lowest BCUT2D eigenvalue weighted by atomic mass is 10.0. The van der Waals surface area contributed by atoms with Crippen LogP contribution in [0.3, 0.4) is 0 Å². The number of aromatic nitrogens is 2. The van der Waals surface area contributed by atoms with E-state index in [1.807, 2.05) is 18.2 Å². The van der Waals surface area contributed by atoms with Crippen LogP contribution in [0.25, 0.3) is 11.0 Å². The van der Waals surface area contributed by atoms with Gasteiger partial charge < -0.3 is 15.2 Å². The van der Waals surface area contributed by atoms with Crippen molar-refractivity contribution >= 4 is 41.8 Å². The minimum absolute atomic E-state index is 0. The van der Waals surface area contributed by atoms with Crippen molar-refractivity contribution in [2.24, 2.45) is 13.0 Å². The average Bonchev–Trinajstić information content (AvgIpc) is 3.19. The van der Waals surface area contributed by atoms with E-state index in [1.54, 1.807) is 0 Å². The number of rotatable bonds is 7. The van der Waals surface area contributed by atoms with Crippen LogP contribution in [-0.4, -0.2) is 35.1 Å². The molecule has 1 atom stereocenters. The molecule has 1 saturated heterocycles. The highest BCUT2D eigenvalue weighted by molar-refractivity contribution is 5.85. The third kappa shape index (κ3) is 5.87. The summed E-state index contributed by atoms with van der Waals surface area (Å²) < 4.78 is 2.14. The summed E-state index contributed by atoms with van der Waals surface area (Å²) in [6.45, 7) is 2.90. The monoisotopic (exact) mass is 386 g/mol. The topological polar surface area (TPSA) is 59.0 Å². The second kappa shape index (κ2) is 10.6. The molecule has 3 rings (SSSR count). The number of hydrogen-bond acceptors (Lipinski definition) is 3. The van der Waals surface area contributed by atoms with Crippen molar-refractivity contribution in [1.29, 1.82) is 0 Å². The molecule has 0 radical (unpaired) electrons. The predicted octanol–water partition coefficient (Wildman–Crippen LogP) is 2.86. The molecule has 1 aromatic heterocycles. The van der Waals surface area contributed by atoms with E-state index in [1.165, 1.54) is 6.42 Å². The first-order valence-electron chi connectivity index (χ1n) is 8.62. The number of fused-ring (bicyclic) bond motifs is 1. The molecular formula is C18H28Cl2N4O. The summed E-state index contributed by atoms with van der Waals surface area (Å²) >= 11 is 0. The summed E-state index contributed by atoms with van der Waals surface area (Å²) in [6, 6.07) is 8.18. The molecule has 1 aliphatic heterocycles. The molecule has 25 heavy (non-hydrogen) atoms. The quantitative estimate of drug-likeness (QED) is 0.719. The van der Waals surface area contributed by atoms with Crippen LogP contribution in [0.4, 0.5) is 0 Å². The van der Waals surface area contributed by atoms with Crippen LogP contribution in [0.2, 0.25) is 0 Å². The number of imidazole rings is 1. The molecular weight excluding hydrogens is 359 g/mol. The van der Waals surface area contributed by atoms with E-state index < -0.39 is 0 Å². The number of carbonyl (C=O) groups is 1. The number of aryl methyl sites for hydroxylation is 2. The Kier molecular flexibility index (Phi) is 9.25. The molecule has 1 amide bonds. The Labute approximate surface area is 161 Å². The van der Waals surface area contributed by atoms with Crippen LogP contribution in [0.1, 0.15) is 31.5 Å². The molecule has 2 aromatic rings. The van der Waals surface area contributed by atoms with Crippen LogP contribution in [0, 0.1) is 5.92 Å². The summed E-state index contributed by atoms with van der Waals surface area (Å²) in [4.78, 5) is 16.5. The molecule has 140 valence electrons. The second-order valence-corrected chi connectivity index (χ2v) is 6.43. The van der Waals surface area contributed by atoms with Gasteiger partial charge in [0.05, 0.1) is 11.0 Å². The molecule has 0 bridgehead atoms. The highest BCUT2D eigenvalue weighted by Gasteiger charge is 2.15. The van der Waals surface area contributed by atoms with E-state index in [0.717, 1.165) is 55.8 Å². The highest BCUT2D eigenvalue weighted by atomic mass is 35.5. The fourth-order valence-electron chi connectivity index (χ4n) is 3.28. The summed E-state index contributed by atoms with van der Waals surface area (Å²) in [6.07, 6.45) is 4.67. The SMILES string of the molecule is Cl.Cl.Cn1c(CCCNC(=O)CCC2CCNC2)nc2ccccc21. The van der Waals surface area contributed by atoms with Crippen molar-refractivity contribution in [3.8, 4) is 0 Å². The first-order valence-corrected chi connectivity index (χ1v) is 8.62. The van der Waals surface area contributed by atoms with Crippen LogP contribution in [0.5, 0.6) is 0 Å². The van der Waals surface area contributed by atoms with E-state index >= 15 is 0 Å². The Morgan fingerprint density at radius 1 is 1.36 bits per heavy atom. The van der Waals surface area contributed by atoms with Crippen molar-refractivity contribution in [2.75, 3.05) is 19.6 Å². The van der Waals surface area contributed by atoms with E-state index in [0.29, 0.717) is 12.3 Å². The van der Waals surface area contributed by atoms with Crippen molar-refractivity contribution in [1.82, 2.24) is 20.2 Å². The maximum atomic E-state index is 11.9. The summed E-state index contributed by atoms with van der Waals surface area (Å²) in [5, 5.41) is 6.38. The van der Waals surface area contributed by atoms with Gasteiger partial charge in [-0.1, -0.05) is 12.1 Å². The van der Waals surface area contributed by atoms with Gasteiger partial charge >= 0.3 is 0 Å². The molecule has 5 nitrogen and oxygen atoms in total. The molecule has 2 heterocycles. The first kappa shape index (κ1) is 21.7. The normalized spacial score (nSPS) is 16.3. The summed E-state index contributed by atoms with van der Waals surface area (Å²) in [5.41, 5.74) is 2.20. The van der Waals surface area contributed by atoms with E-state index in [2.05, 4.69) is 33.3 Å². The third-order valence-electron chi connectivity index (χ3n) is 4.72. The highest BCUT2D eigenvalue weighted by Crippen LogP contribution is 2.15. The number of nitrogens with one attached hydrogen (secondary N) is 2. The van der Waals surface area contributed by atoms with Crippen molar-refractivity contribution < 1.29 is 4.79 Å². The largest absolute Gasteiger partial charge is 0.356 e. The van der Waals surface area contributed by atoms with Gasteiger partial charge in [-0.2, -0.15) is 0 Å². The number of para-hydroxylation sites is 2. The molecule has 1 fully saturated rings. The summed E-state index contributed by atoms with van der Waals surface area (Å²) in [5.74, 6) is 1.94. The van der Waals surface area contributed by atoms with Gasteiger partial charge in [0.25, 0.3) is 0 Å². The number of benzene rings is 1. The van der Waals surface area contributed by atoms with Crippen molar-refractivity contribution in [3.63, 3.8) is 0 Å². The van der Waals surface area contributed by atoms with E-state index in [9.17, 15) is 4.79 Å². The molecule has 1 unspecified atom stereocenters. The lowest BCUT2D eigenvalue weighted by Crippen LogP contribution is -2.25. The Morgan fingerprint density at radius 3 is 2.88 bits per heavy atom. The van der Waals surface area contributed by atoms with Crippen LogP contribution in [0.15, 0.2) is 24.3 Å². The molecule has 1 aliphatic rings. The predicted molar refractivity (Wildman–Crippen MR) is 107 cm³/mol. The smallest absolute Gasteiger partial charge is 0.220 e. The van der Waals surface area contributed by atoms with Gasteiger partial charge in [0.15, 0.2) is 0 Å². The van der Waals surface area contributed by atoms with Gasteiger partial charge in [-0.3, -0.25) is 4.79 Å². The average molecular weight is 387 g/mol. The lowest BCUT2D eigenvalue weighted by Gasteiger charge is -2.08.